The van der Waals surface area contributed by atoms with Gasteiger partial charge in [-0.05, 0) is 44.2 Å². The van der Waals surface area contributed by atoms with Gasteiger partial charge >= 0.3 is 0 Å². The number of fused-ring (bicyclic) bond motifs is 1. The van der Waals surface area contributed by atoms with Crippen LogP contribution in [0.3, 0.4) is 0 Å². The number of nitrogens with one attached hydrogen (secondary N) is 1. The fourth-order valence-corrected chi connectivity index (χ4v) is 3.59. The van der Waals surface area contributed by atoms with Crippen LogP contribution in [-0.2, 0) is 6.42 Å². The molecule has 3 aromatic rings. The largest absolute Gasteiger partial charge is 0.487 e. The first-order valence-electron chi connectivity index (χ1n) is 9.25. The fourth-order valence-electron chi connectivity index (χ4n) is 3.40. The van der Waals surface area contributed by atoms with Crippen LogP contribution < -0.4 is 10.1 Å². The highest BCUT2D eigenvalue weighted by molar-refractivity contribution is 6.30. The normalized spacial score (nSPS) is 15.0. The van der Waals surface area contributed by atoms with Crippen LogP contribution in [-0.4, -0.2) is 28.5 Å². The maximum atomic E-state index is 14.4. The van der Waals surface area contributed by atoms with Crippen molar-refractivity contribution in [3.8, 4) is 17.0 Å². The number of carbonyl (C=O) groups excluding carboxylic acids is 1. The summed E-state index contributed by atoms with van der Waals surface area (Å²) in [4.78, 5) is 21.2. The molecule has 5 nitrogen and oxygen atoms in total. The number of ether oxygens (including phenoxy) is 1. The molecule has 0 bridgehead atoms. The maximum absolute atomic E-state index is 14.4. The van der Waals surface area contributed by atoms with E-state index < -0.39 is 0 Å². The molecule has 0 spiro atoms. The molecule has 1 amide bonds. The van der Waals surface area contributed by atoms with E-state index in [0.29, 0.717) is 39.6 Å². The summed E-state index contributed by atoms with van der Waals surface area (Å²) in [5.41, 5.74) is 3.85. The summed E-state index contributed by atoms with van der Waals surface area (Å²) >= 11 is 5.94. The molecule has 148 valence electrons. The highest BCUT2D eigenvalue weighted by Crippen LogP contribution is 2.40. The summed E-state index contributed by atoms with van der Waals surface area (Å²) in [5, 5.41) is 3.32. The van der Waals surface area contributed by atoms with Crippen molar-refractivity contribution < 1.29 is 13.9 Å². The zero-order valence-electron chi connectivity index (χ0n) is 16.0. The van der Waals surface area contributed by atoms with Gasteiger partial charge in [0.2, 0.25) is 0 Å². The molecule has 4 rings (SSSR count). The first-order valence-corrected chi connectivity index (χ1v) is 9.62. The summed E-state index contributed by atoms with van der Waals surface area (Å²) in [5.74, 6) is -0.117. The van der Waals surface area contributed by atoms with Crippen molar-refractivity contribution in [3.63, 3.8) is 0 Å². The third kappa shape index (κ3) is 3.93. The molecule has 7 heteroatoms. The minimum atomic E-state index is -0.373. The van der Waals surface area contributed by atoms with E-state index in [9.17, 15) is 9.18 Å². The van der Waals surface area contributed by atoms with Gasteiger partial charge in [0, 0.05) is 34.3 Å². The number of benzene rings is 2. The Kier molecular flexibility index (Phi) is 5.20. The van der Waals surface area contributed by atoms with E-state index in [4.69, 9.17) is 16.3 Å². The van der Waals surface area contributed by atoms with Gasteiger partial charge in [0.05, 0.1) is 23.6 Å². The average Bonchev–Trinajstić information content (AvgIpc) is 3.14. The van der Waals surface area contributed by atoms with Gasteiger partial charge in [-0.15, -0.1) is 0 Å². The van der Waals surface area contributed by atoms with E-state index >= 15 is 0 Å². The Bertz CT molecular complexity index is 1100. The van der Waals surface area contributed by atoms with E-state index in [1.54, 1.807) is 36.5 Å². The monoisotopic (exact) mass is 411 g/mol. The zero-order valence-corrected chi connectivity index (χ0v) is 16.8. The number of amides is 1. The topological polar surface area (TPSA) is 64.1 Å². The molecule has 1 aliphatic rings. The highest BCUT2D eigenvalue weighted by atomic mass is 35.5. The lowest BCUT2D eigenvalue weighted by Gasteiger charge is -2.14. The second kappa shape index (κ2) is 7.79. The molecular weight excluding hydrogens is 393 g/mol. The van der Waals surface area contributed by atoms with Gasteiger partial charge in [0.15, 0.2) is 0 Å². The Morgan fingerprint density at radius 3 is 2.93 bits per heavy atom. The quantitative estimate of drug-likeness (QED) is 0.695. The van der Waals surface area contributed by atoms with Crippen LogP contribution in [0.4, 0.5) is 4.39 Å². The third-order valence-electron chi connectivity index (χ3n) is 4.83. The molecule has 2 heterocycles. The van der Waals surface area contributed by atoms with Gasteiger partial charge in [-0.3, -0.25) is 9.78 Å². The van der Waals surface area contributed by atoms with Crippen LogP contribution in [0.2, 0.25) is 5.02 Å². The Labute approximate surface area is 172 Å². The van der Waals surface area contributed by atoms with Gasteiger partial charge in [0.1, 0.15) is 17.7 Å². The van der Waals surface area contributed by atoms with Crippen LogP contribution in [0.15, 0.2) is 42.6 Å². The van der Waals surface area contributed by atoms with Crippen LogP contribution in [0.1, 0.15) is 27.3 Å². The number of hydrogen-bond acceptors (Lipinski definition) is 4. The van der Waals surface area contributed by atoms with Crippen molar-refractivity contribution in [3.05, 3.63) is 75.9 Å². The van der Waals surface area contributed by atoms with Crippen molar-refractivity contribution in [2.45, 2.75) is 26.4 Å². The van der Waals surface area contributed by atoms with Gasteiger partial charge in [0.25, 0.3) is 5.91 Å². The fraction of sp³-hybridized carbons (Fsp3) is 0.227. The summed E-state index contributed by atoms with van der Waals surface area (Å²) < 4.78 is 20.5. The Morgan fingerprint density at radius 2 is 2.14 bits per heavy atom. The van der Waals surface area contributed by atoms with Crippen LogP contribution >= 0.6 is 11.6 Å². The lowest BCUT2D eigenvalue weighted by molar-refractivity contribution is 0.0933. The summed E-state index contributed by atoms with van der Waals surface area (Å²) in [7, 11) is 0. The first-order chi connectivity index (χ1) is 13.9. The Hall–Kier alpha value is -2.99. The van der Waals surface area contributed by atoms with Crippen molar-refractivity contribution in [2.75, 3.05) is 6.54 Å². The van der Waals surface area contributed by atoms with Gasteiger partial charge < -0.3 is 10.1 Å². The molecule has 1 aromatic heterocycles. The SMILES string of the molecule is Cc1cnc(C)c(-c2ccc(F)c3c2O[C@H](CNC(=O)c2cccc(Cl)c2)C3)n1. The number of rotatable bonds is 4. The maximum Gasteiger partial charge on any atom is 0.251 e. The van der Waals surface area contributed by atoms with Crippen LogP contribution in [0, 0.1) is 19.7 Å². The lowest BCUT2D eigenvalue weighted by atomic mass is 10.0. The third-order valence-corrected chi connectivity index (χ3v) is 5.06. The highest BCUT2D eigenvalue weighted by Gasteiger charge is 2.30. The van der Waals surface area contributed by atoms with Gasteiger partial charge in [-0.25, -0.2) is 9.37 Å². The van der Waals surface area contributed by atoms with E-state index in [1.807, 2.05) is 13.8 Å². The minimum absolute atomic E-state index is 0.247. The van der Waals surface area contributed by atoms with Gasteiger partial charge in [-0.2, -0.15) is 0 Å². The smallest absolute Gasteiger partial charge is 0.251 e. The number of aromatic nitrogens is 2. The predicted molar refractivity (Wildman–Crippen MR) is 109 cm³/mol. The first kappa shape index (κ1) is 19.3. The molecule has 0 radical (unpaired) electrons. The number of halogens is 2. The van der Waals surface area contributed by atoms with Crippen molar-refractivity contribution in [2.24, 2.45) is 0 Å². The molecule has 1 atom stereocenters. The Morgan fingerprint density at radius 1 is 1.31 bits per heavy atom. The summed E-state index contributed by atoms with van der Waals surface area (Å²) in [6.07, 6.45) is 1.68. The molecule has 0 saturated heterocycles. The summed E-state index contributed by atoms with van der Waals surface area (Å²) in [6, 6.07) is 9.79. The number of hydrogen-bond donors (Lipinski definition) is 1. The average molecular weight is 412 g/mol. The molecule has 0 aliphatic carbocycles. The second-order valence-corrected chi connectivity index (χ2v) is 7.45. The predicted octanol–water partition coefficient (Wildman–Crippen LogP) is 4.29. The molecule has 0 unspecified atom stereocenters. The zero-order chi connectivity index (χ0) is 20.5. The van der Waals surface area contributed by atoms with E-state index in [2.05, 4.69) is 15.3 Å². The Balaban J connectivity index is 1.54. The molecule has 1 N–H and O–H groups in total. The van der Waals surface area contributed by atoms with Crippen molar-refractivity contribution in [1.82, 2.24) is 15.3 Å². The van der Waals surface area contributed by atoms with Crippen molar-refractivity contribution >= 4 is 17.5 Å². The molecule has 1 aliphatic heterocycles. The van der Waals surface area contributed by atoms with E-state index in [1.165, 1.54) is 6.07 Å². The lowest BCUT2D eigenvalue weighted by Crippen LogP contribution is -2.34. The molecule has 2 aromatic carbocycles. The second-order valence-electron chi connectivity index (χ2n) is 7.01. The van der Waals surface area contributed by atoms with E-state index in [-0.39, 0.29) is 24.4 Å². The molecular formula is C22H19ClFN3O2. The number of nitrogens with zero attached hydrogens (tertiary/aromatic N) is 2. The number of aryl methyl sites for hydroxylation is 2. The van der Waals surface area contributed by atoms with Gasteiger partial charge in [-0.1, -0.05) is 17.7 Å². The number of carbonyl (C=O) groups is 1. The summed E-state index contributed by atoms with van der Waals surface area (Å²) in [6.45, 7) is 3.96. The molecule has 29 heavy (non-hydrogen) atoms. The van der Waals surface area contributed by atoms with Crippen LogP contribution in [0.5, 0.6) is 5.75 Å². The molecule has 0 saturated carbocycles. The van der Waals surface area contributed by atoms with E-state index in [0.717, 1.165) is 11.4 Å². The standard InChI is InChI=1S/C22H19ClFN3O2/c1-12-10-25-13(2)20(27-12)17-6-7-19(24)18-9-16(29-21(17)18)11-26-22(28)14-4-3-5-15(23)8-14/h3-8,10,16H,9,11H2,1-2H3,(H,26,28)/t16-/m0/s1. The molecule has 0 fully saturated rings. The van der Waals surface area contributed by atoms with Crippen molar-refractivity contribution in [1.29, 1.82) is 0 Å². The van der Waals surface area contributed by atoms with Crippen LogP contribution in [0.25, 0.3) is 11.3 Å². The minimum Gasteiger partial charge on any atom is -0.487 e.